The summed E-state index contributed by atoms with van der Waals surface area (Å²) in [6.45, 7) is 1.98. The van der Waals surface area contributed by atoms with E-state index in [1.807, 2.05) is 19.1 Å². The van der Waals surface area contributed by atoms with E-state index in [1.165, 1.54) is 20.9 Å². The van der Waals surface area contributed by atoms with Gasteiger partial charge in [0.1, 0.15) is 0 Å². The van der Waals surface area contributed by atoms with Crippen molar-refractivity contribution in [2.75, 3.05) is 0 Å². The highest BCUT2D eigenvalue weighted by atomic mass is 35.5. The van der Waals surface area contributed by atoms with Crippen molar-refractivity contribution < 1.29 is 0 Å². The van der Waals surface area contributed by atoms with Crippen molar-refractivity contribution in [3.8, 4) is 0 Å². The molecule has 6 heteroatoms. The molecule has 0 aliphatic rings. The molecule has 0 atom stereocenters. The molecule has 0 unspecified atom stereocenters. The summed E-state index contributed by atoms with van der Waals surface area (Å²) < 4.78 is 4.65. The predicted molar refractivity (Wildman–Crippen MR) is 59.2 cm³/mol. The van der Waals surface area contributed by atoms with Gasteiger partial charge in [0.05, 0.1) is 0 Å². The van der Waals surface area contributed by atoms with Crippen LogP contribution < -0.4 is 4.67 Å². The Hall–Kier alpha value is -0.780. The number of hydrogen-bond donors (Lipinski definition) is 0. The molecule has 3 nitrogen and oxygen atoms in total. The van der Waals surface area contributed by atoms with Crippen molar-refractivity contribution in [1.29, 1.82) is 0 Å². The maximum Gasteiger partial charge on any atom is 0.179 e. The van der Waals surface area contributed by atoms with Crippen LogP contribution in [0.3, 0.4) is 0 Å². The Labute approximate surface area is 93.3 Å². The molecule has 0 saturated heterocycles. The zero-order chi connectivity index (χ0) is 9.97. The lowest BCUT2D eigenvalue weighted by Gasteiger charge is -1.91. The number of aromatic nitrogens is 2. The Morgan fingerprint density at radius 3 is 2.86 bits per heavy atom. The summed E-state index contributed by atoms with van der Waals surface area (Å²) in [4.78, 5) is 8.42. The van der Waals surface area contributed by atoms with Crippen molar-refractivity contribution in [1.82, 2.24) is 9.36 Å². The highest BCUT2D eigenvalue weighted by molar-refractivity contribution is 7.66. The summed E-state index contributed by atoms with van der Waals surface area (Å²) in [5.41, 5.74) is 1.11. The van der Waals surface area contributed by atoms with Crippen LogP contribution in [0.1, 0.15) is 5.56 Å². The van der Waals surface area contributed by atoms with Crippen LogP contribution in [0.5, 0.6) is 0 Å². The van der Waals surface area contributed by atoms with E-state index in [0.717, 1.165) is 5.56 Å². The normalized spacial score (nSPS) is 12.0. The monoisotopic (exact) mass is 243 g/mol. The molecule has 0 aromatic carbocycles. The summed E-state index contributed by atoms with van der Waals surface area (Å²) in [6, 6.07) is 3.82. The lowest BCUT2D eigenvalue weighted by atomic mass is 10.3. The molecule has 2 rings (SSSR count). The fourth-order valence-corrected chi connectivity index (χ4v) is 2.84. The predicted octanol–water partition coefficient (Wildman–Crippen LogP) is 2.79. The van der Waals surface area contributed by atoms with Gasteiger partial charge in [0, 0.05) is 16.7 Å². The molecule has 72 valence electrons. The minimum atomic E-state index is 0.447. The van der Waals surface area contributed by atoms with Crippen LogP contribution in [0.4, 0.5) is 5.82 Å². The molecule has 2 heterocycles. The Bertz CT molecular complexity index is 486. The van der Waals surface area contributed by atoms with Crippen molar-refractivity contribution in [3.63, 3.8) is 0 Å². The van der Waals surface area contributed by atoms with Gasteiger partial charge in [-0.2, -0.15) is 4.37 Å². The van der Waals surface area contributed by atoms with E-state index < -0.39 is 0 Å². The molecule has 2 aromatic rings. The lowest BCUT2D eigenvalue weighted by Crippen LogP contribution is -1.93. The molecule has 0 aliphatic carbocycles. The largest absolute Gasteiger partial charge is 0.237 e. The minimum absolute atomic E-state index is 0.447. The zero-order valence-electron chi connectivity index (χ0n) is 7.27. The highest BCUT2D eigenvalue weighted by Gasteiger charge is 1.97. The molecule has 0 N–H and O–H groups in total. The number of pyridine rings is 1. The van der Waals surface area contributed by atoms with Gasteiger partial charge >= 0.3 is 0 Å². The van der Waals surface area contributed by atoms with Crippen molar-refractivity contribution in [2.24, 2.45) is 4.99 Å². The fourth-order valence-electron chi connectivity index (χ4n) is 0.855. The third-order valence-corrected chi connectivity index (χ3v) is 3.69. The molecular formula is C8H6ClN3S2. The van der Waals surface area contributed by atoms with Gasteiger partial charge in [-0.1, -0.05) is 17.7 Å². The van der Waals surface area contributed by atoms with Crippen LogP contribution in [-0.2, 0) is 0 Å². The maximum atomic E-state index is 5.81. The van der Waals surface area contributed by atoms with Gasteiger partial charge in [0.2, 0.25) is 0 Å². The molecule has 0 radical (unpaired) electrons. The summed E-state index contributed by atoms with van der Waals surface area (Å²) in [7, 11) is 2.77. The second kappa shape index (κ2) is 4.16. The van der Waals surface area contributed by atoms with Gasteiger partial charge in [0.15, 0.2) is 15.6 Å². The molecular weight excluding hydrogens is 238 g/mol. The summed E-state index contributed by atoms with van der Waals surface area (Å²) in [5.74, 6) is 0.661. The molecule has 0 saturated carbocycles. The first-order valence-corrected chi connectivity index (χ1v) is 6.33. The Balaban J connectivity index is 2.44. The molecule has 0 bridgehead atoms. The van der Waals surface area contributed by atoms with Crippen molar-refractivity contribution in [2.45, 2.75) is 6.92 Å². The molecule has 0 amide bonds. The van der Waals surface area contributed by atoms with E-state index in [2.05, 4.69) is 14.3 Å². The van der Waals surface area contributed by atoms with Crippen LogP contribution in [0.2, 0.25) is 5.15 Å². The third kappa shape index (κ3) is 2.17. The Morgan fingerprint density at radius 1 is 1.43 bits per heavy atom. The van der Waals surface area contributed by atoms with Crippen molar-refractivity contribution in [3.05, 3.63) is 33.7 Å². The van der Waals surface area contributed by atoms with Crippen molar-refractivity contribution >= 4 is 38.3 Å². The van der Waals surface area contributed by atoms with E-state index in [9.17, 15) is 0 Å². The van der Waals surface area contributed by atoms with Crippen LogP contribution in [0, 0.1) is 6.92 Å². The topological polar surface area (TPSA) is 38.1 Å². The van der Waals surface area contributed by atoms with E-state index >= 15 is 0 Å². The van der Waals surface area contributed by atoms with E-state index in [1.54, 1.807) is 6.20 Å². The molecule has 0 fully saturated rings. The molecule has 2 aromatic heterocycles. The average Bonchev–Trinajstić information content (AvgIpc) is 2.56. The first kappa shape index (κ1) is 9.76. The standard InChI is InChI=1S/C8H6ClN3S2/c1-5-2-3-6(10-4-5)11-8-7(9)12-14-13-8/h2-4H,1H3. The van der Waals surface area contributed by atoms with E-state index in [4.69, 9.17) is 11.6 Å². The van der Waals surface area contributed by atoms with Crippen LogP contribution in [0.25, 0.3) is 0 Å². The number of halogens is 1. The minimum Gasteiger partial charge on any atom is -0.237 e. The number of rotatable bonds is 1. The third-order valence-electron chi connectivity index (χ3n) is 1.52. The van der Waals surface area contributed by atoms with Gasteiger partial charge in [0.25, 0.3) is 0 Å². The van der Waals surface area contributed by atoms with Gasteiger partial charge in [-0.3, -0.25) is 0 Å². The smallest absolute Gasteiger partial charge is 0.179 e. The van der Waals surface area contributed by atoms with Gasteiger partial charge in [-0.05, 0) is 28.9 Å². The summed E-state index contributed by atoms with van der Waals surface area (Å²) in [6.07, 6.45) is 1.78. The molecule has 0 spiro atoms. The van der Waals surface area contributed by atoms with E-state index in [0.29, 0.717) is 15.6 Å². The van der Waals surface area contributed by atoms with Gasteiger partial charge in [-0.15, -0.1) is 0 Å². The maximum absolute atomic E-state index is 5.81. The van der Waals surface area contributed by atoms with Crippen LogP contribution in [-0.4, -0.2) is 9.36 Å². The fraction of sp³-hybridized carbons (Fsp3) is 0.125. The van der Waals surface area contributed by atoms with Gasteiger partial charge in [-0.25, -0.2) is 9.98 Å². The Kier molecular flexibility index (Phi) is 2.90. The average molecular weight is 244 g/mol. The molecule has 14 heavy (non-hydrogen) atoms. The quantitative estimate of drug-likeness (QED) is 0.723. The second-order valence-corrected chi connectivity index (χ2v) is 4.84. The van der Waals surface area contributed by atoms with Crippen LogP contribution in [0.15, 0.2) is 23.3 Å². The SMILES string of the molecule is Cc1ccc(N=c2ssnc2Cl)nc1. The molecule has 0 aliphatic heterocycles. The zero-order valence-corrected chi connectivity index (χ0v) is 9.66. The van der Waals surface area contributed by atoms with Gasteiger partial charge < -0.3 is 0 Å². The first-order valence-electron chi connectivity index (χ1n) is 3.84. The number of aryl methyl sites for hydroxylation is 1. The van der Waals surface area contributed by atoms with Crippen LogP contribution >= 0.6 is 32.5 Å². The van der Waals surface area contributed by atoms with E-state index in [-0.39, 0.29) is 0 Å². The first-order chi connectivity index (χ1) is 6.75. The Morgan fingerprint density at radius 2 is 2.29 bits per heavy atom. The lowest BCUT2D eigenvalue weighted by molar-refractivity contribution is 1.20. The second-order valence-electron chi connectivity index (χ2n) is 2.65. The summed E-state index contributed by atoms with van der Waals surface area (Å²) in [5, 5.41) is 0.447. The number of nitrogens with zero attached hydrogens (tertiary/aromatic N) is 3. The highest BCUT2D eigenvalue weighted by Crippen LogP contribution is 2.10. The summed E-state index contributed by atoms with van der Waals surface area (Å²) >= 11 is 5.81. The number of hydrogen-bond acceptors (Lipinski definition) is 5.